The molecule has 2 aliphatic rings. The topological polar surface area (TPSA) is 40.6 Å². The zero-order chi connectivity index (χ0) is 14.4. The summed E-state index contributed by atoms with van der Waals surface area (Å²) in [5.41, 5.74) is 1.46. The molecule has 1 unspecified atom stereocenters. The molecule has 20 heavy (non-hydrogen) atoms. The summed E-state index contributed by atoms with van der Waals surface area (Å²) in [5.74, 6) is 0.352. The minimum Gasteiger partial charge on any atom is -0.399 e. The van der Waals surface area contributed by atoms with Crippen LogP contribution in [-0.4, -0.2) is 36.5 Å². The Morgan fingerprint density at radius 1 is 1.20 bits per heavy atom. The molecule has 2 fully saturated rings. The zero-order valence-electron chi connectivity index (χ0n) is 12.7. The Morgan fingerprint density at radius 3 is 2.50 bits per heavy atom. The molecule has 4 nitrogen and oxygen atoms in total. The third-order valence-corrected chi connectivity index (χ3v) is 4.69. The summed E-state index contributed by atoms with van der Waals surface area (Å²) < 4.78 is 17.8. The molecule has 1 aromatic rings. The average molecular weight is 275 g/mol. The molecular weight excluding hydrogens is 253 g/mol. The van der Waals surface area contributed by atoms with Crippen molar-refractivity contribution in [2.75, 3.05) is 13.2 Å². The third-order valence-electron chi connectivity index (χ3n) is 4.69. The van der Waals surface area contributed by atoms with Crippen LogP contribution in [0.1, 0.15) is 45.7 Å². The molecule has 2 aliphatic heterocycles. The molecule has 0 aromatic carbocycles. The van der Waals surface area contributed by atoms with E-state index in [-0.39, 0.29) is 18.3 Å². The first-order chi connectivity index (χ1) is 9.41. The SMILES string of the molecule is CC1(C)OB(c2cccnc2C2CCOC2)OC1(C)C. The van der Waals surface area contributed by atoms with Crippen LogP contribution in [0.2, 0.25) is 0 Å². The highest BCUT2D eigenvalue weighted by Gasteiger charge is 2.52. The van der Waals surface area contributed by atoms with Gasteiger partial charge in [0.25, 0.3) is 0 Å². The fourth-order valence-electron chi connectivity index (χ4n) is 2.69. The maximum Gasteiger partial charge on any atom is 0.496 e. The fraction of sp³-hybridized carbons (Fsp3) is 0.667. The quantitative estimate of drug-likeness (QED) is 0.773. The molecule has 0 radical (unpaired) electrons. The summed E-state index contributed by atoms with van der Waals surface area (Å²) in [5, 5.41) is 0. The van der Waals surface area contributed by atoms with Gasteiger partial charge in [0.05, 0.1) is 17.8 Å². The van der Waals surface area contributed by atoms with Gasteiger partial charge in [-0.15, -0.1) is 0 Å². The van der Waals surface area contributed by atoms with Crippen LogP contribution in [0, 0.1) is 0 Å². The van der Waals surface area contributed by atoms with Crippen LogP contribution in [0.4, 0.5) is 0 Å². The Morgan fingerprint density at radius 2 is 1.90 bits per heavy atom. The van der Waals surface area contributed by atoms with E-state index in [0.29, 0.717) is 5.92 Å². The van der Waals surface area contributed by atoms with Crippen LogP contribution in [0.5, 0.6) is 0 Å². The van der Waals surface area contributed by atoms with Crippen molar-refractivity contribution >= 4 is 12.6 Å². The average Bonchev–Trinajstić information content (AvgIpc) is 2.97. The molecule has 1 atom stereocenters. The molecule has 0 spiro atoms. The van der Waals surface area contributed by atoms with Crippen LogP contribution < -0.4 is 5.46 Å². The molecule has 0 saturated carbocycles. The Labute approximate surface area is 121 Å². The summed E-state index contributed by atoms with van der Waals surface area (Å²) in [6.07, 6.45) is 2.85. The molecular formula is C15H22BNO3. The number of hydrogen-bond acceptors (Lipinski definition) is 4. The lowest BCUT2D eigenvalue weighted by Crippen LogP contribution is -2.41. The lowest BCUT2D eigenvalue weighted by Gasteiger charge is -2.32. The predicted molar refractivity (Wildman–Crippen MR) is 78.1 cm³/mol. The molecule has 1 aromatic heterocycles. The summed E-state index contributed by atoms with van der Waals surface area (Å²) in [6, 6.07) is 4.00. The molecule has 0 amide bonds. The summed E-state index contributed by atoms with van der Waals surface area (Å²) in [7, 11) is -0.343. The van der Waals surface area contributed by atoms with Gasteiger partial charge >= 0.3 is 7.12 Å². The van der Waals surface area contributed by atoms with Gasteiger partial charge in [-0.05, 0) is 40.2 Å². The Bertz CT molecular complexity index is 482. The minimum absolute atomic E-state index is 0.322. The number of aromatic nitrogens is 1. The van der Waals surface area contributed by atoms with E-state index in [4.69, 9.17) is 14.0 Å². The maximum atomic E-state index is 6.15. The van der Waals surface area contributed by atoms with E-state index < -0.39 is 0 Å². The Balaban J connectivity index is 1.92. The minimum atomic E-state index is -0.343. The van der Waals surface area contributed by atoms with E-state index in [0.717, 1.165) is 30.8 Å². The first-order valence-electron chi connectivity index (χ1n) is 7.29. The monoisotopic (exact) mass is 275 g/mol. The van der Waals surface area contributed by atoms with E-state index in [1.165, 1.54) is 0 Å². The highest BCUT2D eigenvalue weighted by atomic mass is 16.7. The first kappa shape index (κ1) is 14.0. The van der Waals surface area contributed by atoms with Crippen molar-refractivity contribution in [2.45, 2.75) is 51.2 Å². The largest absolute Gasteiger partial charge is 0.496 e. The van der Waals surface area contributed by atoms with Gasteiger partial charge < -0.3 is 14.0 Å². The lowest BCUT2D eigenvalue weighted by molar-refractivity contribution is 0.00578. The van der Waals surface area contributed by atoms with Gasteiger partial charge in [-0.3, -0.25) is 4.98 Å². The van der Waals surface area contributed by atoms with Gasteiger partial charge in [0.1, 0.15) is 0 Å². The van der Waals surface area contributed by atoms with Gasteiger partial charge in [0.2, 0.25) is 0 Å². The van der Waals surface area contributed by atoms with Crippen LogP contribution >= 0.6 is 0 Å². The molecule has 108 valence electrons. The molecule has 5 heteroatoms. The second-order valence-corrected chi connectivity index (χ2v) is 6.63. The second-order valence-electron chi connectivity index (χ2n) is 6.63. The number of nitrogens with zero attached hydrogens (tertiary/aromatic N) is 1. The zero-order valence-corrected chi connectivity index (χ0v) is 12.7. The number of pyridine rings is 1. The van der Waals surface area contributed by atoms with Crippen molar-refractivity contribution in [1.29, 1.82) is 0 Å². The first-order valence-corrected chi connectivity index (χ1v) is 7.29. The van der Waals surface area contributed by atoms with Crippen LogP contribution in [-0.2, 0) is 14.0 Å². The van der Waals surface area contributed by atoms with Gasteiger partial charge in [0, 0.05) is 29.9 Å². The normalized spacial score (nSPS) is 28.0. The van der Waals surface area contributed by atoms with Gasteiger partial charge in [-0.25, -0.2) is 0 Å². The van der Waals surface area contributed by atoms with Gasteiger partial charge in [0.15, 0.2) is 0 Å². The smallest absolute Gasteiger partial charge is 0.399 e. The molecule has 0 bridgehead atoms. The molecule has 2 saturated heterocycles. The summed E-state index contributed by atoms with van der Waals surface area (Å²) >= 11 is 0. The number of hydrogen-bond donors (Lipinski definition) is 0. The van der Waals surface area contributed by atoms with Gasteiger partial charge in [-0.1, -0.05) is 6.07 Å². The fourth-order valence-corrected chi connectivity index (χ4v) is 2.69. The van der Waals surface area contributed by atoms with Crippen molar-refractivity contribution in [3.8, 4) is 0 Å². The van der Waals surface area contributed by atoms with Crippen molar-refractivity contribution in [3.63, 3.8) is 0 Å². The van der Waals surface area contributed by atoms with E-state index >= 15 is 0 Å². The Kier molecular flexibility index (Phi) is 3.39. The van der Waals surface area contributed by atoms with E-state index in [1.807, 2.05) is 12.3 Å². The van der Waals surface area contributed by atoms with Crippen molar-refractivity contribution in [1.82, 2.24) is 4.98 Å². The van der Waals surface area contributed by atoms with Crippen LogP contribution in [0.15, 0.2) is 18.3 Å². The van der Waals surface area contributed by atoms with E-state index in [2.05, 4.69) is 38.7 Å². The highest BCUT2D eigenvalue weighted by molar-refractivity contribution is 6.62. The van der Waals surface area contributed by atoms with E-state index in [9.17, 15) is 0 Å². The predicted octanol–water partition coefficient (Wildman–Crippen LogP) is 1.88. The number of ether oxygens (including phenoxy) is 1. The molecule has 0 aliphatic carbocycles. The van der Waals surface area contributed by atoms with E-state index in [1.54, 1.807) is 0 Å². The van der Waals surface area contributed by atoms with Crippen molar-refractivity contribution in [3.05, 3.63) is 24.0 Å². The molecule has 3 rings (SSSR count). The Hall–Kier alpha value is -0.905. The standard InChI is InChI=1S/C15H22BNO3/c1-14(2)15(3,4)20-16(19-14)12-6-5-8-17-13(12)11-7-9-18-10-11/h5-6,8,11H,7,9-10H2,1-4H3. The molecule has 3 heterocycles. The van der Waals surface area contributed by atoms with Gasteiger partial charge in [-0.2, -0.15) is 0 Å². The summed E-state index contributed by atoms with van der Waals surface area (Å²) in [6.45, 7) is 9.83. The van der Waals surface area contributed by atoms with Crippen molar-refractivity contribution in [2.24, 2.45) is 0 Å². The van der Waals surface area contributed by atoms with Crippen molar-refractivity contribution < 1.29 is 14.0 Å². The van der Waals surface area contributed by atoms with Crippen LogP contribution in [0.25, 0.3) is 0 Å². The third kappa shape index (κ3) is 2.28. The lowest BCUT2D eigenvalue weighted by atomic mass is 9.75. The maximum absolute atomic E-state index is 6.15. The highest BCUT2D eigenvalue weighted by Crippen LogP contribution is 2.37. The molecule has 0 N–H and O–H groups in total. The summed E-state index contributed by atoms with van der Waals surface area (Å²) in [4.78, 5) is 4.56. The second kappa shape index (κ2) is 4.83. The number of rotatable bonds is 2. The van der Waals surface area contributed by atoms with Crippen LogP contribution in [0.3, 0.4) is 0 Å².